The molecule has 0 saturated carbocycles. The van der Waals surface area contributed by atoms with Crippen molar-refractivity contribution in [2.75, 3.05) is 41.2 Å². The molecule has 344 valence electrons. The first-order valence-corrected chi connectivity index (χ1v) is 23.9. The Balaban J connectivity index is 2.00. The van der Waals surface area contributed by atoms with E-state index in [4.69, 9.17) is 27.8 Å². The van der Waals surface area contributed by atoms with Crippen molar-refractivity contribution in [2.45, 2.75) is 135 Å². The van der Waals surface area contributed by atoms with Crippen molar-refractivity contribution in [3.05, 3.63) is 89.5 Å². The van der Waals surface area contributed by atoms with Crippen molar-refractivity contribution < 1.29 is 46.7 Å². The maximum absolute atomic E-state index is 15.1. The number of amides is 3. The van der Waals surface area contributed by atoms with E-state index in [9.17, 15) is 14.4 Å². The number of rotatable bonds is 33. The minimum Gasteiger partial charge on any atom is -0.497 e. The lowest BCUT2D eigenvalue weighted by molar-refractivity contribution is -0.122. The fraction of sp³-hybridized carbons (Fsp3) is 0.562. The van der Waals surface area contributed by atoms with Crippen molar-refractivity contribution in [2.24, 2.45) is 0 Å². The number of unbranched alkanes of at least 4 members (excludes halogenated alkanes) is 9. The topological polar surface area (TPSA) is 160 Å². The molecule has 0 heterocycles. The van der Waals surface area contributed by atoms with Gasteiger partial charge in [0.2, 0.25) is 17.7 Å². The minimum absolute atomic E-state index is 0.186. The van der Waals surface area contributed by atoms with Crippen LogP contribution >= 0.6 is 7.82 Å². The molecule has 62 heavy (non-hydrogen) atoms. The normalized spacial score (nSPS) is 13.6. The van der Waals surface area contributed by atoms with Gasteiger partial charge in [0.1, 0.15) is 17.2 Å². The van der Waals surface area contributed by atoms with E-state index in [2.05, 4.69) is 36.7 Å². The third-order valence-corrected chi connectivity index (χ3v) is 11.9. The van der Waals surface area contributed by atoms with Gasteiger partial charge in [0.25, 0.3) is 0 Å². The molecule has 0 aromatic heterocycles. The number of methoxy groups -OCH3 is 3. The lowest BCUT2D eigenvalue weighted by Crippen LogP contribution is -2.33. The van der Waals surface area contributed by atoms with Gasteiger partial charge in [0, 0.05) is 19.3 Å². The standard InChI is InChI=1S/C48H72N3O10P/c1-7-10-13-16-28-46(52)49-43(37-22-19-25-40(31-37)56-4)34-59-62(55,60-35-44(38-23-20-26-41(32-38)57-5)50-47(53)29-17-14-11-8-2)61-36-45(39-24-21-27-42(33-39)58-6)51-48(54)30-18-15-12-9-3/h19-27,31-33,43-45H,7-18,28-30,34-36H2,1-6H3,(H,49,52)(H,50,53)(H,51,54). The van der Waals surface area contributed by atoms with Crippen LogP contribution in [0.4, 0.5) is 0 Å². The number of phosphoric acid groups is 1. The quantitative estimate of drug-likeness (QED) is 0.0397. The van der Waals surface area contributed by atoms with Gasteiger partial charge < -0.3 is 30.2 Å². The van der Waals surface area contributed by atoms with Crippen LogP contribution < -0.4 is 30.2 Å². The number of nitrogens with one attached hydrogen (secondary N) is 3. The third kappa shape index (κ3) is 19.7. The summed E-state index contributed by atoms with van der Waals surface area (Å²) in [5.41, 5.74) is 1.98. The Kier molecular flexibility index (Phi) is 25.0. The minimum atomic E-state index is -4.57. The van der Waals surface area contributed by atoms with Crippen LogP contribution in [0.1, 0.15) is 152 Å². The predicted molar refractivity (Wildman–Crippen MR) is 243 cm³/mol. The van der Waals surface area contributed by atoms with Crippen molar-refractivity contribution in [3.63, 3.8) is 0 Å². The zero-order valence-electron chi connectivity index (χ0n) is 37.9. The molecule has 3 atom stereocenters. The van der Waals surface area contributed by atoms with Gasteiger partial charge in [0.05, 0.1) is 59.3 Å². The van der Waals surface area contributed by atoms with E-state index < -0.39 is 25.9 Å². The maximum Gasteiger partial charge on any atom is 0.475 e. The van der Waals surface area contributed by atoms with Crippen LogP contribution in [0.5, 0.6) is 17.2 Å². The van der Waals surface area contributed by atoms with Crippen LogP contribution in [0, 0.1) is 0 Å². The van der Waals surface area contributed by atoms with E-state index in [1.807, 2.05) is 18.2 Å². The Bertz CT molecular complexity index is 1610. The molecule has 0 aliphatic carbocycles. The summed E-state index contributed by atoms with van der Waals surface area (Å²) < 4.78 is 50.2. The molecule has 0 aliphatic heterocycles. The summed E-state index contributed by atoms with van der Waals surface area (Å²) in [7, 11) is 0.0943. The van der Waals surface area contributed by atoms with Crippen LogP contribution in [0.2, 0.25) is 0 Å². The molecule has 0 saturated heterocycles. The molecular weight excluding hydrogens is 810 g/mol. The smallest absolute Gasteiger partial charge is 0.475 e. The van der Waals surface area contributed by atoms with Gasteiger partial charge in [0.15, 0.2) is 0 Å². The molecular formula is C48H72N3O10P. The first-order valence-electron chi connectivity index (χ1n) is 22.4. The number of benzene rings is 3. The third-order valence-electron chi connectivity index (χ3n) is 10.5. The largest absolute Gasteiger partial charge is 0.497 e. The first kappa shape index (κ1) is 51.9. The number of phosphoric ester groups is 1. The molecule has 14 heteroatoms. The summed E-state index contributed by atoms with van der Waals surface area (Å²) in [6.45, 7) is 5.44. The molecule has 0 bridgehead atoms. The van der Waals surface area contributed by atoms with E-state index in [1.165, 1.54) is 0 Å². The molecule has 0 aliphatic rings. The van der Waals surface area contributed by atoms with Crippen molar-refractivity contribution in [1.82, 2.24) is 16.0 Å². The van der Waals surface area contributed by atoms with Gasteiger partial charge in [-0.3, -0.25) is 28.0 Å². The number of ether oxygens (including phenoxy) is 3. The average Bonchev–Trinajstić information content (AvgIpc) is 3.29. The van der Waals surface area contributed by atoms with Gasteiger partial charge in [-0.15, -0.1) is 0 Å². The second-order valence-electron chi connectivity index (χ2n) is 15.5. The highest BCUT2D eigenvalue weighted by molar-refractivity contribution is 7.48. The van der Waals surface area contributed by atoms with E-state index in [-0.39, 0.29) is 37.5 Å². The predicted octanol–water partition coefficient (Wildman–Crippen LogP) is 10.7. The van der Waals surface area contributed by atoms with Crippen LogP contribution in [0.15, 0.2) is 72.8 Å². The molecule has 3 aromatic carbocycles. The number of hydrogen-bond donors (Lipinski definition) is 3. The highest BCUT2D eigenvalue weighted by atomic mass is 31.2. The Morgan fingerprint density at radius 3 is 1.02 bits per heavy atom. The fourth-order valence-corrected chi connectivity index (χ4v) is 8.00. The molecule has 0 fully saturated rings. The van der Waals surface area contributed by atoms with Gasteiger partial charge >= 0.3 is 7.82 Å². The lowest BCUT2D eigenvalue weighted by atomic mass is 10.1. The average molecular weight is 882 g/mol. The Morgan fingerprint density at radius 2 is 0.758 bits per heavy atom. The lowest BCUT2D eigenvalue weighted by Gasteiger charge is -2.27. The highest BCUT2D eigenvalue weighted by Crippen LogP contribution is 2.51. The van der Waals surface area contributed by atoms with Gasteiger partial charge in [-0.1, -0.05) is 115 Å². The van der Waals surface area contributed by atoms with Crippen molar-refractivity contribution in [3.8, 4) is 17.2 Å². The summed E-state index contributed by atoms with van der Waals surface area (Å²) in [5.74, 6) is 1.14. The molecule has 3 rings (SSSR count). The second-order valence-corrected chi connectivity index (χ2v) is 17.1. The summed E-state index contributed by atoms with van der Waals surface area (Å²) in [6.07, 6.45) is 12.1. The summed E-state index contributed by atoms with van der Waals surface area (Å²) in [4.78, 5) is 39.9. The van der Waals surface area contributed by atoms with Crippen LogP contribution in [0.25, 0.3) is 0 Å². The summed E-state index contributed by atoms with van der Waals surface area (Å²) in [5, 5.41) is 9.17. The first-order chi connectivity index (χ1) is 30.1. The Labute approximate surface area is 370 Å². The fourth-order valence-electron chi connectivity index (χ4n) is 6.78. The van der Waals surface area contributed by atoms with Crippen LogP contribution in [-0.4, -0.2) is 58.9 Å². The number of hydrogen-bond acceptors (Lipinski definition) is 10. The van der Waals surface area contributed by atoms with E-state index in [0.29, 0.717) is 53.2 Å². The molecule has 3 aromatic rings. The summed E-state index contributed by atoms with van der Waals surface area (Å²) in [6, 6.07) is 19.3. The second kappa shape index (κ2) is 29.8. The Morgan fingerprint density at radius 1 is 0.468 bits per heavy atom. The van der Waals surface area contributed by atoms with Gasteiger partial charge in [-0.2, -0.15) is 0 Å². The molecule has 0 radical (unpaired) electrons. The van der Waals surface area contributed by atoms with Gasteiger partial charge in [-0.05, 0) is 72.4 Å². The van der Waals surface area contributed by atoms with E-state index >= 15 is 4.57 Å². The molecule has 0 spiro atoms. The summed E-state index contributed by atoms with van der Waals surface area (Å²) >= 11 is 0. The maximum atomic E-state index is 15.1. The molecule has 13 nitrogen and oxygen atoms in total. The van der Waals surface area contributed by atoms with Crippen molar-refractivity contribution in [1.29, 1.82) is 0 Å². The van der Waals surface area contributed by atoms with Crippen molar-refractivity contribution >= 4 is 25.5 Å². The zero-order valence-corrected chi connectivity index (χ0v) is 38.8. The molecule has 3 unspecified atom stereocenters. The monoisotopic (exact) mass is 881 g/mol. The highest BCUT2D eigenvalue weighted by Gasteiger charge is 2.33. The zero-order chi connectivity index (χ0) is 45.0. The molecule has 3 N–H and O–H groups in total. The van der Waals surface area contributed by atoms with E-state index in [0.717, 1.165) is 77.0 Å². The Hall–Kier alpha value is -4.42. The van der Waals surface area contributed by atoms with E-state index in [1.54, 1.807) is 75.9 Å². The van der Waals surface area contributed by atoms with Crippen LogP contribution in [-0.2, 0) is 32.5 Å². The number of carbonyl (C=O) groups excluding carboxylic acids is 3. The van der Waals surface area contributed by atoms with Crippen LogP contribution in [0.3, 0.4) is 0 Å². The molecule has 3 amide bonds. The SMILES string of the molecule is CCCCCCC(=O)NC(COP(=O)(OCC(NC(=O)CCCCCC)c1cccc(OC)c1)OCC(NC(=O)CCCCCC)c1cccc(OC)c1)c1cccc(OC)c1. The number of carbonyl (C=O) groups is 3. The van der Waals surface area contributed by atoms with Gasteiger partial charge in [-0.25, -0.2) is 4.57 Å².